The molecule has 9 aromatic carbocycles. The molecule has 58 heavy (non-hydrogen) atoms. The summed E-state index contributed by atoms with van der Waals surface area (Å²) in [6, 6.07) is 76.8. The van der Waals surface area contributed by atoms with E-state index in [9.17, 15) is 0 Å². The molecular formula is C54H36N2O2. The number of rotatable bonds is 8. The fourth-order valence-corrected chi connectivity index (χ4v) is 8.22. The highest BCUT2D eigenvalue weighted by atomic mass is 16.3. The summed E-state index contributed by atoms with van der Waals surface area (Å²) in [7, 11) is 0. The van der Waals surface area contributed by atoms with Crippen LogP contribution in [0.2, 0.25) is 0 Å². The number of nitrogens with zero attached hydrogens (tertiary/aromatic N) is 2. The van der Waals surface area contributed by atoms with E-state index in [2.05, 4.69) is 204 Å². The van der Waals surface area contributed by atoms with Gasteiger partial charge < -0.3 is 18.6 Å². The van der Waals surface area contributed by atoms with Crippen LogP contribution in [0.3, 0.4) is 0 Å². The number of furan rings is 2. The molecule has 0 aliphatic rings. The summed E-state index contributed by atoms with van der Waals surface area (Å²) in [5.41, 5.74) is 14.6. The summed E-state index contributed by atoms with van der Waals surface area (Å²) in [6.45, 7) is 0. The van der Waals surface area contributed by atoms with Gasteiger partial charge in [-0.05, 0) is 107 Å². The minimum absolute atomic E-state index is 0.875. The molecule has 0 N–H and O–H groups in total. The van der Waals surface area contributed by atoms with E-state index in [0.717, 1.165) is 100 Å². The molecule has 0 aliphatic heterocycles. The molecule has 0 radical (unpaired) electrons. The maximum absolute atomic E-state index is 6.28. The maximum atomic E-state index is 6.28. The van der Waals surface area contributed by atoms with Crippen LogP contribution in [0.15, 0.2) is 227 Å². The summed E-state index contributed by atoms with van der Waals surface area (Å²) >= 11 is 0. The predicted molar refractivity (Wildman–Crippen MR) is 241 cm³/mol. The van der Waals surface area contributed by atoms with Gasteiger partial charge in [0.1, 0.15) is 22.3 Å². The maximum Gasteiger partial charge on any atom is 0.137 e. The van der Waals surface area contributed by atoms with Gasteiger partial charge in [-0.15, -0.1) is 0 Å². The van der Waals surface area contributed by atoms with Gasteiger partial charge in [-0.25, -0.2) is 0 Å². The van der Waals surface area contributed by atoms with Crippen molar-refractivity contribution in [3.63, 3.8) is 0 Å². The van der Waals surface area contributed by atoms with Crippen molar-refractivity contribution in [1.29, 1.82) is 0 Å². The summed E-state index contributed by atoms with van der Waals surface area (Å²) in [5.74, 6) is 0. The zero-order chi connectivity index (χ0) is 38.4. The van der Waals surface area contributed by atoms with Crippen LogP contribution >= 0.6 is 0 Å². The third-order valence-corrected chi connectivity index (χ3v) is 11.1. The molecule has 0 unspecified atom stereocenters. The molecule has 0 bridgehead atoms. The molecule has 0 atom stereocenters. The van der Waals surface area contributed by atoms with E-state index in [-0.39, 0.29) is 0 Å². The lowest BCUT2D eigenvalue weighted by atomic mass is 9.99. The van der Waals surface area contributed by atoms with Crippen LogP contribution in [-0.2, 0) is 0 Å². The quantitative estimate of drug-likeness (QED) is 0.155. The number of benzene rings is 9. The summed E-state index contributed by atoms with van der Waals surface area (Å²) in [6.07, 6.45) is 0. The molecule has 0 saturated carbocycles. The van der Waals surface area contributed by atoms with Crippen molar-refractivity contribution >= 4 is 78.0 Å². The first-order valence-corrected chi connectivity index (χ1v) is 19.6. The average Bonchev–Trinajstić information content (AvgIpc) is 3.86. The van der Waals surface area contributed by atoms with Gasteiger partial charge in [-0.1, -0.05) is 121 Å². The standard InChI is InChI=1S/C54H36N2O2/c1-3-11-41(12-4-1)55(45-31-33-49-47-15-7-9-17-51(47)57-53(49)35-45)43-27-23-39(24-28-43)37-19-21-38(22-20-37)40-25-29-44(30-26-40)56(42-13-5-2-6-14-42)46-32-34-50-48-16-8-10-18-52(48)58-54(50)36-46/h1-36H. The van der Waals surface area contributed by atoms with Crippen LogP contribution in [0.4, 0.5) is 34.1 Å². The van der Waals surface area contributed by atoms with Gasteiger partial charge in [0, 0.05) is 67.8 Å². The van der Waals surface area contributed by atoms with Crippen molar-refractivity contribution in [2.45, 2.75) is 0 Å². The van der Waals surface area contributed by atoms with Crippen molar-refractivity contribution in [2.75, 3.05) is 9.80 Å². The Labute approximate surface area is 336 Å². The first kappa shape index (κ1) is 33.5. The van der Waals surface area contributed by atoms with Gasteiger partial charge in [-0.2, -0.15) is 0 Å². The number of hydrogen-bond acceptors (Lipinski definition) is 4. The molecule has 4 nitrogen and oxygen atoms in total. The predicted octanol–water partition coefficient (Wildman–Crippen LogP) is 15.8. The minimum atomic E-state index is 0.875. The van der Waals surface area contributed by atoms with Gasteiger partial charge in [0.25, 0.3) is 0 Å². The highest BCUT2D eigenvalue weighted by Gasteiger charge is 2.17. The Bertz CT molecular complexity index is 2980. The van der Waals surface area contributed by atoms with Crippen LogP contribution in [-0.4, -0.2) is 0 Å². The third-order valence-electron chi connectivity index (χ3n) is 11.1. The lowest BCUT2D eigenvalue weighted by Crippen LogP contribution is -2.09. The first-order chi connectivity index (χ1) is 28.7. The number of para-hydroxylation sites is 4. The Kier molecular flexibility index (Phi) is 8.11. The van der Waals surface area contributed by atoms with Gasteiger partial charge in [0.05, 0.1) is 0 Å². The van der Waals surface area contributed by atoms with Gasteiger partial charge >= 0.3 is 0 Å². The molecule has 11 rings (SSSR count). The summed E-state index contributed by atoms with van der Waals surface area (Å²) in [4.78, 5) is 4.55. The molecule has 0 spiro atoms. The van der Waals surface area contributed by atoms with Crippen LogP contribution in [0.1, 0.15) is 0 Å². The molecule has 2 heterocycles. The van der Waals surface area contributed by atoms with Crippen molar-refractivity contribution < 1.29 is 8.83 Å². The van der Waals surface area contributed by atoms with E-state index in [1.807, 2.05) is 24.3 Å². The monoisotopic (exact) mass is 744 g/mol. The number of fused-ring (bicyclic) bond motifs is 6. The first-order valence-electron chi connectivity index (χ1n) is 19.6. The second-order valence-electron chi connectivity index (χ2n) is 14.6. The summed E-state index contributed by atoms with van der Waals surface area (Å²) in [5, 5.41) is 4.50. The largest absolute Gasteiger partial charge is 0.456 e. The van der Waals surface area contributed by atoms with Crippen LogP contribution < -0.4 is 9.80 Å². The van der Waals surface area contributed by atoms with Crippen LogP contribution in [0, 0.1) is 0 Å². The third kappa shape index (κ3) is 5.96. The molecule has 0 fully saturated rings. The van der Waals surface area contributed by atoms with E-state index in [4.69, 9.17) is 8.83 Å². The number of anilines is 6. The highest BCUT2D eigenvalue weighted by molar-refractivity contribution is 6.07. The minimum Gasteiger partial charge on any atom is -0.456 e. The Morgan fingerprint density at radius 1 is 0.224 bits per heavy atom. The fraction of sp³-hybridized carbons (Fsp3) is 0. The normalized spacial score (nSPS) is 11.4. The van der Waals surface area contributed by atoms with Crippen molar-refractivity contribution in [3.8, 4) is 22.3 Å². The number of hydrogen-bond donors (Lipinski definition) is 0. The molecular weight excluding hydrogens is 709 g/mol. The zero-order valence-electron chi connectivity index (χ0n) is 31.5. The molecule has 0 amide bonds. The van der Waals surface area contributed by atoms with Gasteiger partial charge in [-0.3, -0.25) is 0 Å². The van der Waals surface area contributed by atoms with E-state index < -0.39 is 0 Å². The second-order valence-corrected chi connectivity index (χ2v) is 14.6. The lowest BCUT2D eigenvalue weighted by Gasteiger charge is -2.25. The summed E-state index contributed by atoms with van der Waals surface area (Å²) < 4.78 is 12.6. The zero-order valence-corrected chi connectivity index (χ0v) is 31.5. The molecule has 0 saturated heterocycles. The van der Waals surface area contributed by atoms with E-state index >= 15 is 0 Å². The molecule has 4 heteroatoms. The van der Waals surface area contributed by atoms with Crippen molar-refractivity contribution in [2.24, 2.45) is 0 Å². The lowest BCUT2D eigenvalue weighted by molar-refractivity contribution is 0.668. The van der Waals surface area contributed by atoms with E-state index in [0.29, 0.717) is 0 Å². The second kappa shape index (κ2) is 14.0. The van der Waals surface area contributed by atoms with Crippen LogP contribution in [0.25, 0.3) is 66.1 Å². The molecule has 2 aromatic heterocycles. The Morgan fingerprint density at radius 3 is 0.914 bits per heavy atom. The van der Waals surface area contributed by atoms with E-state index in [1.165, 1.54) is 0 Å². The smallest absolute Gasteiger partial charge is 0.137 e. The van der Waals surface area contributed by atoms with Crippen LogP contribution in [0.5, 0.6) is 0 Å². The molecule has 11 aromatic rings. The molecule has 274 valence electrons. The van der Waals surface area contributed by atoms with E-state index in [1.54, 1.807) is 0 Å². The van der Waals surface area contributed by atoms with Gasteiger partial charge in [0.15, 0.2) is 0 Å². The topological polar surface area (TPSA) is 32.8 Å². The molecule has 0 aliphatic carbocycles. The van der Waals surface area contributed by atoms with Gasteiger partial charge in [0.2, 0.25) is 0 Å². The average molecular weight is 745 g/mol. The SMILES string of the molecule is c1ccc(N(c2ccc(-c3ccc(-c4ccc(N(c5ccccc5)c5ccc6c(c5)oc5ccccc56)cc4)cc3)cc2)c2ccc3c(c2)oc2ccccc23)cc1. The highest BCUT2D eigenvalue weighted by Crippen LogP contribution is 2.41. The Hall–Kier alpha value is -7.82. The van der Waals surface area contributed by atoms with Crippen molar-refractivity contribution in [3.05, 3.63) is 218 Å². The Balaban J connectivity index is 0.869. The fourth-order valence-electron chi connectivity index (χ4n) is 8.22. The van der Waals surface area contributed by atoms with Crippen molar-refractivity contribution in [1.82, 2.24) is 0 Å². The Morgan fingerprint density at radius 2 is 0.517 bits per heavy atom.